The quantitative estimate of drug-likeness (QED) is 0.291. The normalized spacial score (nSPS) is 38.4. The van der Waals surface area contributed by atoms with Crippen LogP contribution in [0.2, 0.25) is 0 Å². The summed E-state index contributed by atoms with van der Waals surface area (Å²) >= 11 is 0. The van der Waals surface area contributed by atoms with Crippen molar-refractivity contribution in [1.29, 1.82) is 0 Å². The lowest BCUT2D eigenvalue weighted by Gasteiger charge is -2.62. The molecule has 0 spiro atoms. The molecule has 0 N–H and O–H groups in total. The minimum atomic E-state index is 0.135. The van der Waals surface area contributed by atoms with E-state index in [1.807, 2.05) is 0 Å². The van der Waals surface area contributed by atoms with Crippen molar-refractivity contribution in [3.63, 3.8) is 0 Å². The monoisotopic (exact) mass is 608 g/mol. The Balaban J connectivity index is 1.15. The standard InChI is InChI=1S/C42H48N4/c1-5-13-35(14-6-1)39-25-40(36-15-7-2-8-16-36)29-43(27-39)21-23-45-31-41(37-17-9-3-10-18-37)26-42(33-45,38-19-11-4-12-20-38)34-46(32-41)24-22-44(28-39)30-40/h1-20H,21-34H2. The summed E-state index contributed by atoms with van der Waals surface area (Å²) < 4.78 is 0. The molecular formula is C42H48N4. The Hall–Kier alpha value is -3.28. The molecule has 236 valence electrons. The van der Waals surface area contributed by atoms with Crippen LogP contribution in [0.4, 0.5) is 0 Å². The smallest absolute Gasteiger partial charge is 0.0217 e. The van der Waals surface area contributed by atoms with Gasteiger partial charge >= 0.3 is 0 Å². The van der Waals surface area contributed by atoms with E-state index in [1.54, 1.807) is 0 Å². The summed E-state index contributed by atoms with van der Waals surface area (Å²) in [6.45, 7) is 13.7. The van der Waals surface area contributed by atoms with Crippen LogP contribution in [0.25, 0.3) is 0 Å². The molecule has 4 aromatic carbocycles. The van der Waals surface area contributed by atoms with Gasteiger partial charge < -0.3 is 19.6 Å². The number of hydrogen-bond donors (Lipinski definition) is 0. The van der Waals surface area contributed by atoms with E-state index in [0.29, 0.717) is 0 Å². The van der Waals surface area contributed by atoms with Crippen molar-refractivity contribution >= 4 is 0 Å². The number of benzene rings is 4. The number of rotatable bonds is 4. The molecular weight excluding hydrogens is 560 g/mol. The topological polar surface area (TPSA) is 13.0 Å². The minimum Gasteiger partial charge on any atom is -0.300 e. The van der Waals surface area contributed by atoms with Gasteiger partial charge in [0, 0.05) is 100 Å². The maximum Gasteiger partial charge on any atom is 0.0217 e. The Morgan fingerprint density at radius 1 is 0.283 bits per heavy atom. The maximum atomic E-state index is 2.88. The van der Waals surface area contributed by atoms with Crippen molar-refractivity contribution < 1.29 is 0 Å². The largest absolute Gasteiger partial charge is 0.300 e. The predicted molar refractivity (Wildman–Crippen MR) is 187 cm³/mol. The molecule has 46 heavy (non-hydrogen) atoms. The van der Waals surface area contributed by atoms with Crippen molar-refractivity contribution in [3.05, 3.63) is 144 Å². The molecule has 0 atom stereocenters. The van der Waals surface area contributed by atoms with Gasteiger partial charge in [0.15, 0.2) is 0 Å². The number of piperidine rings is 4. The SMILES string of the molecule is c1ccc(C23CN4CCN5CC6(c7ccccc7)CN(CCN(C2)CC(c2ccccc2)(C4)C3)CC(c2ccccc2)(C5)C6)cc1. The van der Waals surface area contributed by atoms with Gasteiger partial charge in [0.25, 0.3) is 0 Å². The Bertz CT molecular complexity index is 1370. The molecule has 0 unspecified atom stereocenters. The molecule has 8 aliphatic heterocycles. The number of hydrogen-bond acceptors (Lipinski definition) is 4. The summed E-state index contributed by atoms with van der Waals surface area (Å²) in [5.74, 6) is 0. The Kier molecular flexibility index (Phi) is 7.01. The zero-order valence-electron chi connectivity index (χ0n) is 27.2. The minimum absolute atomic E-state index is 0.135. The molecule has 8 fully saturated rings. The van der Waals surface area contributed by atoms with E-state index < -0.39 is 0 Å². The average molecular weight is 609 g/mol. The van der Waals surface area contributed by atoms with Gasteiger partial charge in [0.2, 0.25) is 0 Å². The van der Waals surface area contributed by atoms with Crippen LogP contribution in [0, 0.1) is 0 Å². The van der Waals surface area contributed by atoms with Crippen LogP contribution < -0.4 is 0 Å². The molecule has 0 amide bonds. The van der Waals surface area contributed by atoms with E-state index in [4.69, 9.17) is 0 Å². The molecule has 0 aromatic heterocycles. The molecule has 4 aromatic rings. The first-order valence-corrected chi connectivity index (χ1v) is 17.7. The Morgan fingerprint density at radius 2 is 0.478 bits per heavy atom. The molecule has 0 radical (unpaired) electrons. The van der Waals surface area contributed by atoms with E-state index in [2.05, 4.69) is 141 Å². The fourth-order valence-electron chi connectivity index (χ4n) is 11.1. The van der Waals surface area contributed by atoms with Crippen LogP contribution in [-0.4, -0.2) is 98.1 Å². The maximum absolute atomic E-state index is 2.88. The second kappa shape index (κ2) is 11.2. The van der Waals surface area contributed by atoms with Crippen LogP contribution in [0.15, 0.2) is 121 Å². The van der Waals surface area contributed by atoms with Gasteiger partial charge in [-0.2, -0.15) is 0 Å². The van der Waals surface area contributed by atoms with Crippen LogP contribution >= 0.6 is 0 Å². The molecule has 0 aliphatic carbocycles. The van der Waals surface area contributed by atoms with Gasteiger partial charge in [-0.15, -0.1) is 0 Å². The first-order chi connectivity index (χ1) is 22.6. The van der Waals surface area contributed by atoms with E-state index in [9.17, 15) is 0 Å². The van der Waals surface area contributed by atoms with Crippen LogP contribution in [0.5, 0.6) is 0 Å². The summed E-state index contributed by atoms with van der Waals surface area (Å²) in [6.07, 6.45) is 2.48. The van der Waals surface area contributed by atoms with Crippen molar-refractivity contribution in [3.8, 4) is 0 Å². The average Bonchev–Trinajstić information content (AvgIpc) is 3.10. The van der Waals surface area contributed by atoms with E-state index >= 15 is 0 Å². The van der Waals surface area contributed by atoms with Gasteiger partial charge in [0.05, 0.1) is 0 Å². The molecule has 12 rings (SSSR count). The summed E-state index contributed by atoms with van der Waals surface area (Å²) in [5.41, 5.74) is 6.67. The van der Waals surface area contributed by atoms with Gasteiger partial charge in [-0.25, -0.2) is 0 Å². The number of nitrogens with zero attached hydrogens (tertiary/aromatic N) is 4. The van der Waals surface area contributed by atoms with Crippen LogP contribution in [-0.2, 0) is 21.7 Å². The van der Waals surface area contributed by atoms with Crippen molar-refractivity contribution in [2.24, 2.45) is 0 Å². The van der Waals surface area contributed by atoms with Gasteiger partial charge in [-0.05, 0) is 35.1 Å². The summed E-state index contributed by atoms with van der Waals surface area (Å²) in [4.78, 5) is 11.5. The third-order valence-electron chi connectivity index (χ3n) is 12.6. The third-order valence-corrected chi connectivity index (χ3v) is 12.6. The lowest BCUT2D eigenvalue weighted by atomic mass is 9.58. The zero-order valence-corrected chi connectivity index (χ0v) is 27.2. The molecule has 8 heterocycles. The fourth-order valence-corrected chi connectivity index (χ4v) is 11.1. The van der Waals surface area contributed by atoms with Crippen molar-refractivity contribution in [1.82, 2.24) is 19.6 Å². The summed E-state index contributed by atoms with van der Waals surface area (Å²) in [5, 5.41) is 0. The Labute approximate surface area is 275 Å². The Morgan fingerprint density at radius 3 is 0.674 bits per heavy atom. The van der Waals surface area contributed by atoms with Crippen LogP contribution in [0.3, 0.4) is 0 Å². The molecule has 4 heteroatoms. The summed E-state index contributed by atoms with van der Waals surface area (Å²) in [6, 6.07) is 46.3. The molecule has 8 aliphatic rings. The molecule has 4 nitrogen and oxygen atoms in total. The van der Waals surface area contributed by atoms with E-state index in [1.165, 1.54) is 35.1 Å². The van der Waals surface area contributed by atoms with Gasteiger partial charge in [-0.1, -0.05) is 121 Å². The van der Waals surface area contributed by atoms with E-state index in [0.717, 1.165) is 78.5 Å². The van der Waals surface area contributed by atoms with E-state index in [-0.39, 0.29) is 21.7 Å². The summed E-state index contributed by atoms with van der Waals surface area (Å²) in [7, 11) is 0. The highest BCUT2D eigenvalue weighted by molar-refractivity contribution is 5.39. The van der Waals surface area contributed by atoms with Crippen molar-refractivity contribution in [2.75, 3.05) is 78.5 Å². The predicted octanol–water partition coefficient (Wildman–Crippen LogP) is 5.79. The molecule has 8 saturated heterocycles. The lowest BCUT2D eigenvalue weighted by Crippen LogP contribution is -2.71. The lowest BCUT2D eigenvalue weighted by molar-refractivity contribution is -0.0507. The van der Waals surface area contributed by atoms with Crippen LogP contribution in [0.1, 0.15) is 35.1 Å². The first-order valence-electron chi connectivity index (χ1n) is 17.7. The second-order valence-electron chi connectivity index (χ2n) is 15.8. The highest BCUT2D eigenvalue weighted by Gasteiger charge is 2.57. The fraction of sp³-hybridized carbons (Fsp3) is 0.429. The molecule has 0 saturated carbocycles. The second-order valence-corrected chi connectivity index (χ2v) is 15.8. The van der Waals surface area contributed by atoms with Gasteiger partial charge in [0.1, 0.15) is 0 Å². The zero-order chi connectivity index (χ0) is 30.7. The van der Waals surface area contributed by atoms with Crippen molar-refractivity contribution in [2.45, 2.75) is 34.5 Å². The first kappa shape index (κ1) is 28.9. The highest BCUT2D eigenvalue weighted by Crippen LogP contribution is 2.51. The highest BCUT2D eigenvalue weighted by atomic mass is 15.3. The third kappa shape index (κ3) is 4.88. The molecule has 8 bridgehead atoms. The van der Waals surface area contributed by atoms with Gasteiger partial charge in [-0.3, -0.25) is 0 Å².